The molecule has 7 heteroatoms. The number of hydrogen-bond donors (Lipinski definition) is 0. The lowest BCUT2D eigenvalue weighted by molar-refractivity contribution is 0.0617. The molecule has 0 aliphatic carbocycles. The third kappa shape index (κ3) is 3.07. The molecule has 0 spiro atoms. The molecule has 5 nitrogen and oxygen atoms in total. The quantitative estimate of drug-likeness (QED) is 0.838. The molecule has 1 aromatic rings. The van der Waals surface area contributed by atoms with Crippen LogP contribution in [0.5, 0.6) is 0 Å². The van der Waals surface area contributed by atoms with Gasteiger partial charge in [0, 0.05) is 39.3 Å². The normalized spacial score (nSPS) is 26.1. The van der Waals surface area contributed by atoms with Crippen LogP contribution >= 0.6 is 11.3 Å². The molecule has 0 radical (unpaired) electrons. The van der Waals surface area contributed by atoms with Crippen molar-refractivity contribution in [3.05, 3.63) is 17.5 Å². The number of piperazine rings is 1. The molecule has 1 unspecified atom stereocenters. The van der Waals surface area contributed by atoms with E-state index >= 15 is 0 Å². The first-order chi connectivity index (χ1) is 9.66. The van der Waals surface area contributed by atoms with E-state index in [9.17, 15) is 8.42 Å². The minimum absolute atomic E-state index is 0.343. The van der Waals surface area contributed by atoms with Gasteiger partial charge in [-0.25, -0.2) is 8.42 Å². The molecule has 20 heavy (non-hydrogen) atoms. The number of rotatable bonds is 4. The zero-order valence-corrected chi connectivity index (χ0v) is 13.0. The molecule has 0 N–H and O–H groups in total. The molecule has 0 amide bonds. The van der Waals surface area contributed by atoms with Gasteiger partial charge in [-0.2, -0.15) is 4.31 Å². The Morgan fingerprint density at radius 1 is 1.30 bits per heavy atom. The Hall–Kier alpha value is -0.470. The van der Waals surface area contributed by atoms with E-state index in [0.29, 0.717) is 23.4 Å². The fourth-order valence-electron chi connectivity index (χ4n) is 2.77. The predicted molar refractivity (Wildman–Crippen MR) is 78.5 cm³/mol. The van der Waals surface area contributed by atoms with Crippen molar-refractivity contribution in [1.29, 1.82) is 0 Å². The fraction of sp³-hybridized carbons (Fsp3) is 0.692. The van der Waals surface area contributed by atoms with Crippen LogP contribution in [0.3, 0.4) is 0 Å². The minimum atomic E-state index is -3.28. The molecule has 0 bridgehead atoms. The molecule has 112 valence electrons. The van der Waals surface area contributed by atoms with Crippen molar-refractivity contribution in [2.24, 2.45) is 0 Å². The Balaban J connectivity index is 1.55. The molecule has 2 fully saturated rings. The molecule has 3 heterocycles. The maximum Gasteiger partial charge on any atom is 0.252 e. The number of thiophene rings is 1. The van der Waals surface area contributed by atoms with Crippen LogP contribution in [0.25, 0.3) is 0 Å². The Bertz CT molecular complexity index is 516. The van der Waals surface area contributed by atoms with E-state index in [2.05, 4.69) is 4.90 Å². The topological polar surface area (TPSA) is 49.9 Å². The summed E-state index contributed by atoms with van der Waals surface area (Å²) < 4.78 is 32.5. The van der Waals surface area contributed by atoms with Gasteiger partial charge in [0.05, 0.1) is 6.10 Å². The lowest BCUT2D eigenvalue weighted by Crippen LogP contribution is -2.50. The number of sulfonamides is 1. The van der Waals surface area contributed by atoms with Crippen LogP contribution in [0.1, 0.15) is 12.8 Å². The van der Waals surface area contributed by atoms with Gasteiger partial charge in [-0.1, -0.05) is 6.07 Å². The highest BCUT2D eigenvalue weighted by atomic mass is 32.2. The van der Waals surface area contributed by atoms with Crippen molar-refractivity contribution in [3.63, 3.8) is 0 Å². The summed E-state index contributed by atoms with van der Waals surface area (Å²) in [5.41, 5.74) is 0. The maximum atomic E-state index is 12.4. The second kappa shape index (κ2) is 6.11. The number of nitrogens with zero attached hydrogens (tertiary/aromatic N) is 2. The molecule has 1 atom stereocenters. The van der Waals surface area contributed by atoms with Gasteiger partial charge in [0.15, 0.2) is 0 Å². The lowest BCUT2D eigenvalue weighted by atomic mass is 10.2. The number of hydrogen-bond acceptors (Lipinski definition) is 5. The first-order valence-corrected chi connectivity index (χ1v) is 9.36. The van der Waals surface area contributed by atoms with Gasteiger partial charge in [0.25, 0.3) is 10.0 Å². The standard InChI is InChI=1S/C13H20N2O3S2/c16-20(17,13-4-2-10-19-13)15-7-5-14(6-8-15)11-12-3-1-9-18-12/h2,4,10,12H,1,3,5-9,11H2. The molecule has 0 aromatic carbocycles. The molecule has 2 aliphatic rings. The summed E-state index contributed by atoms with van der Waals surface area (Å²) in [6.45, 7) is 4.55. The third-order valence-corrected chi connectivity index (χ3v) is 7.18. The van der Waals surface area contributed by atoms with Gasteiger partial charge in [-0.3, -0.25) is 4.90 Å². The average molecular weight is 316 g/mol. The third-order valence-electron chi connectivity index (χ3n) is 3.91. The Morgan fingerprint density at radius 2 is 2.10 bits per heavy atom. The zero-order valence-electron chi connectivity index (χ0n) is 11.4. The highest BCUT2D eigenvalue weighted by molar-refractivity contribution is 7.91. The molecule has 2 saturated heterocycles. The van der Waals surface area contributed by atoms with Crippen LogP contribution in [0.15, 0.2) is 21.7 Å². The van der Waals surface area contributed by atoms with E-state index in [-0.39, 0.29) is 0 Å². The van der Waals surface area contributed by atoms with Gasteiger partial charge >= 0.3 is 0 Å². The van der Waals surface area contributed by atoms with E-state index in [1.807, 2.05) is 0 Å². The lowest BCUT2D eigenvalue weighted by Gasteiger charge is -2.34. The van der Waals surface area contributed by atoms with Crippen molar-refractivity contribution < 1.29 is 13.2 Å². The monoisotopic (exact) mass is 316 g/mol. The second-order valence-corrected chi connectivity index (χ2v) is 8.38. The Kier molecular flexibility index (Phi) is 4.42. The maximum absolute atomic E-state index is 12.4. The van der Waals surface area contributed by atoms with Crippen LogP contribution < -0.4 is 0 Å². The van der Waals surface area contributed by atoms with Crippen molar-refractivity contribution in [3.8, 4) is 0 Å². The highest BCUT2D eigenvalue weighted by Gasteiger charge is 2.30. The largest absolute Gasteiger partial charge is 0.377 e. The summed E-state index contributed by atoms with van der Waals surface area (Å²) >= 11 is 1.29. The molecular weight excluding hydrogens is 296 g/mol. The smallest absolute Gasteiger partial charge is 0.252 e. The van der Waals surface area contributed by atoms with Gasteiger partial charge in [0.1, 0.15) is 4.21 Å². The van der Waals surface area contributed by atoms with Crippen LogP contribution in [-0.4, -0.2) is 63.1 Å². The van der Waals surface area contributed by atoms with Gasteiger partial charge in [-0.05, 0) is 24.3 Å². The summed E-state index contributed by atoms with van der Waals surface area (Å²) in [5.74, 6) is 0. The fourth-order valence-corrected chi connectivity index (χ4v) is 5.33. The first-order valence-electron chi connectivity index (χ1n) is 7.04. The average Bonchev–Trinajstić information content (AvgIpc) is 3.12. The van der Waals surface area contributed by atoms with Crippen molar-refractivity contribution >= 4 is 21.4 Å². The predicted octanol–water partition coefficient (Wildman–Crippen LogP) is 1.23. The van der Waals surface area contributed by atoms with E-state index in [0.717, 1.165) is 39.1 Å². The van der Waals surface area contributed by atoms with Crippen LogP contribution in [-0.2, 0) is 14.8 Å². The van der Waals surface area contributed by atoms with Gasteiger partial charge in [-0.15, -0.1) is 11.3 Å². The molecule has 3 rings (SSSR count). The summed E-state index contributed by atoms with van der Waals surface area (Å²) in [4.78, 5) is 2.32. The zero-order chi connectivity index (χ0) is 14.0. The van der Waals surface area contributed by atoms with E-state index < -0.39 is 10.0 Å². The Morgan fingerprint density at radius 3 is 2.70 bits per heavy atom. The summed E-state index contributed by atoms with van der Waals surface area (Å²) in [6, 6.07) is 3.46. The first kappa shape index (κ1) is 14.5. The molecular formula is C13H20N2O3S2. The van der Waals surface area contributed by atoms with Gasteiger partial charge < -0.3 is 4.74 Å². The van der Waals surface area contributed by atoms with Crippen LogP contribution in [0.4, 0.5) is 0 Å². The van der Waals surface area contributed by atoms with Crippen LogP contribution in [0, 0.1) is 0 Å². The second-order valence-electron chi connectivity index (χ2n) is 5.27. The van der Waals surface area contributed by atoms with Crippen molar-refractivity contribution in [1.82, 2.24) is 9.21 Å². The van der Waals surface area contributed by atoms with Crippen molar-refractivity contribution in [2.75, 3.05) is 39.3 Å². The minimum Gasteiger partial charge on any atom is -0.377 e. The summed E-state index contributed by atoms with van der Waals surface area (Å²) in [5, 5.41) is 1.81. The van der Waals surface area contributed by atoms with Gasteiger partial charge in [0.2, 0.25) is 0 Å². The number of ether oxygens (including phenoxy) is 1. The SMILES string of the molecule is O=S(=O)(c1cccs1)N1CCN(CC2CCCO2)CC1. The molecule has 1 aromatic heterocycles. The molecule has 0 saturated carbocycles. The van der Waals surface area contributed by atoms with Crippen LogP contribution in [0.2, 0.25) is 0 Å². The Labute approximate surface area is 124 Å². The van der Waals surface area contributed by atoms with E-state index in [1.165, 1.54) is 11.3 Å². The summed E-state index contributed by atoms with van der Waals surface area (Å²) in [6.07, 6.45) is 2.63. The highest BCUT2D eigenvalue weighted by Crippen LogP contribution is 2.22. The van der Waals surface area contributed by atoms with E-state index in [1.54, 1.807) is 21.8 Å². The van der Waals surface area contributed by atoms with E-state index in [4.69, 9.17) is 4.74 Å². The molecule has 2 aliphatic heterocycles. The van der Waals surface area contributed by atoms with Crippen molar-refractivity contribution in [2.45, 2.75) is 23.2 Å². The summed E-state index contributed by atoms with van der Waals surface area (Å²) in [7, 11) is -3.28.